The van der Waals surface area contributed by atoms with Gasteiger partial charge < -0.3 is 14.7 Å². The number of amides is 1. The highest BCUT2D eigenvalue weighted by molar-refractivity contribution is 5.79. The summed E-state index contributed by atoms with van der Waals surface area (Å²) in [6.07, 6.45) is 4.71. The van der Waals surface area contributed by atoms with Crippen molar-refractivity contribution in [3.63, 3.8) is 0 Å². The maximum atomic E-state index is 12.6. The summed E-state index contributed by atoms with van der Waals surface area (Å²) in [5.74, 6) is -1.04. The molecule has 2 aliphatic carbocycles. The fraction of sp³-hybridized carbons (Fsp3) is 0.900. The van der Waals surface area contributed by atoms with Gasteiger partial charge in [0, 0.05) is 37.6 Å². The van der Waals surface area contributed by atoms with Gasteiger partial charge in [-0.2, -0.15) is 13.2 Å². The maximum Gasteiger partial charge on any atom is 0.490 e. The van der Waals surface area contributed by atoms with Gasteiger partial charge in [0.1, 0.15) is 0 Å². The van der Waals surface area contributed by atoms with Crippen LogP contribution in [0.5, 0.6) is 0 Å². The number of hydrogen-bond acceptors (Lipinski definition) is 4. The summed E-state index contributed by atoms with van der Waals surface area (Å²) in [7, 11) is 0. The molecule has 0 bridgehead atoms. The van der Waals surface area contributed by atoms with Crippen molar-refractivity contribution in [2.24, 2.45) is 11.8 Å². The highest BCUT2D eigenvalue weighted by Gasteiger charge is 2.45. The number of carboxylic acid groups (broad SMARTS) is 1. The zero-order chi connectivity index (χ0) is 21.1. The van der Waals surface area contributed by atoms with Gasteiger partial charge in [0.05, 0.1) is 13.2 Å². The number of alkyl halides is 3. The lowest BCUT2D eigenvalue weighted by atomic mass is 9.84. The molecule has 9 heteroatoms. The molecule has 2 saturated heterocycles. The first-order valence-electron chi connectivity index (χ1n) is 10.6. The molecule has 0 aromatic rings. The lowest BCUT2D eigenvalue weighted by molar-refractivity contribution is -0.192. The van der Waals surface area contributed by atoms with Crippen LogP contribution in [0.15, 0.2) is 0 Å². The third-order valence-corrected chi connectivity index (χ3v) is 6.68. The predicted octanol–water partition coefficient (Wildman–Crippen LogP) is 2.91. The number of likely N-dealkylation sites (tertiary alicyclic amines) is 1. The van der Waals surface area contributed by atoms with Gasteiger partial charge in [-0.25, -0.2) is 4.79 Å². The highest BCUT2D eigenvalue weighted by atomic mass is 19.4. The van der Waals surface area contributed by atoms with E-state index in [1.165, 1.54) is 32.2 Å². The molecular formula is C20H31F3N2O4. The Morgan fingerprint density at radius 2 is 1.62 bits per heavy atom. The summed E-state index contributed by atoms with van der Waals surface area (Å²) >= 11 is 0. The maximum absolute atomic E-state index is 12.6. The number of nitrogens with zero attached hydrogens (tertiary/aromatic N) is 2. The van der Waals surface area contributed by atoms with Crippen molar-refractivity contribution in [3.05, 3.63) is 0 Å². The average Bonchev–Trinajstić information content (AvgIpc) is 3.33. The molecule has 2 heterocycles. The van der Waals surface area contributed by atoms with Crippen LogP contribution in [0.2, 0.25) is 0 Å². The molecule has 0 unspecified atom stereocenters. The average molecular weight is 420 g/mol. The number of carbonyl (C=O) groups excluding carboxylic acids is 1. The van der Waals surface area contributed by atoms with Gasteiger partial charge in [0.2, 0.25) is 5.91 Å². The van der Waals surface area contributed by atoms with Crippen molar-refractivity contribution >= 4 is 11.9 Å². The molecule has 1 spiro atoms. The molecule has 29 heavy (non-hydrogen) atoms. The normalized spacial score (nSPS) is 25.6. The van der Waals surface area contributed by atoms with Crippen LogP contribution in [0.25, 0.3) is 0 Å². The number of carboxylic acids is 1. The Bertz CT molecular complexity index is 581. The van der Waals surface area contributed by atoms with E-state index >= 15 is 0 Å². The van der Waals surface area contributed by atoms with E-state index in [2.05, 4.69) is 9.80 Å². The minimum absolute atomic E-state index is 0.229. The molecule has 166 valence electrons. The van der Waals surface area contributed by atoms with Crippen LogP contribution < -0.4 is 0 Å². The van der Waals surface area contributed by atoms with Crippen LogP contribution in [0.4, 0.5) is 13.2 Å². The lowest BCUT2D eigenvalue weighted by Gasteiger charge is -2.51. The van der Waals surface area contributed by atoms with Gasteiger partial charge in [-0.3, -0.25) is 9.69 Å². The summed E-state index contributed by atoms with van der Waals surface area (Å²) in [6, 6.07) is 0. The molecule has 1 N–H and O–H groups in total. The van der Waals surface area contributed by atoms with Crippen LogP contribution in [0, 0.1) is 11.8 Å². The number of ether oxygens (including phenoxy) is 1. The molecule has 4 rings (SSSR count). The van der Waals surface area contributed by atoms with Gasteiger partial charge in [-0.1, -0.05) is 12.8 Å². The second kappa shape index (κ2) is 9.20. The molecule has 4 aliphatic rings. The summed E-state index contributed by atoms with van der Waals surface area (Å²) < 4.78 is 37.6. The van der Waals surface area contributed by atoms with E-state index < -0.39 is 12.1 Å². The van der Waals surface area contributed by atoms with Crippen molar-refractivity contribution in [1.29, 1.82) is 0 Å². The number of halogens is 3. The van der Waals surface area contributed by atoms with Gasteiger partial charge in [0.15, 0.2) is 0 Å². The van der Waals surface area contributed by atoms with Gasteiger partial charge in [-0.05, 0) is 44.4 Å². The predicted molar refractivity (Wildman–Crippen MR) is 99.3 cm³/mol. The Balaban J connectivity index is 0.000000298. The Morgan fingerprint density at radius 3 is 2.14 bits per heavy atom. The van der Waals surface area contributed by atoms with Crippen LogP contribution >= 0.6 is 0 Å². The Kier molecular flexibility index (Phi) is 7.09. The fourth-order valence-electron chi connectivity index (χ4n) is 4.70. The number of hydrogen-bond donors (Lipinski definition) is 1. The van der Waals surface area contributed by atoms with Crippen LogP contribution in [0.1, 0.15) is 51.4 Å². The van der Waals surface area contributed by atoms with E-state index in [1.807, 2.05) is 0 Å². The molecular weight excluding hydrogens is 389 g/mol. The largest absolute Gasteiger partial charge is 0.490 e. The second-order valence-electron chi connectivity index (χ2n) is 8.78. The molecule has 4 fully saturated rings. The molecule has 2 saturated carbocycles. The monoisotopic (exact) mass is 420 g/mol. The highest BCUT2D eigenvalue weighted by Crippen LogP contribution is 2.38. The first-order chi connectivity index (χ1) is 13.7. The van der Waals surface area contributed by atoms with Crippen LogP contribution in [-0.4, -0.2) is 77.9 Å². The van der Waals surface area contributed by atoms with Crippen molar-refractivity contribution in [2.45, 2.75) is 63.1 Å². The minimum atomic E-state index is -5.08. The van der Waals surface area contributed by atoms with Crippen LogP contribution in [-0.2, 0) is 14.3 Å². The standard InChI is InChI=1S/C18H30N2O2.C2HF3O2/c21-17(16-3-1-2-4-16)19-9-7-18(8-10-19)14-22-12-11-20(18)13-15-5-6-15;3-2(4,5)1(6)7/h15-16H,1-14H2;(H,6,7). The third kappa shape index (κ3) is 5.84. The second-order valence-corrected chi connectivity index (χ2v) is 8.78. The summed E-state index contributed by atoms with van der Waals surface area (Å²) in [5.41, 5.74) is 0.229. The van der Waals surface area contributed by atoms with E-state index in [0.29, 0.717) is 11.8 Å². The topological polar surface area (TPSA) is 70.1 Å². The third-order valence-electron chi connectivity index (χ3n) is 6.68. The smallest absolute Gasteiger partial charge is 0.475 e. The summed E-state index contributed by atoms with van der Waals surface area (Å²) in [5, 5.41) is 7.12. The van der Waals surface area contributed by atoms with Gasteiger partial charge >= 0.3 is 12.1 Å². The van der Waals surface area contributed by atoms with Crippen molar-refractivity contribution in [3.8, 4) is 0 Å². The molecule has 0 aromatic carbocycles. The Hall–Kier alpha value is -1.35. The molecule has 6 nitrogen and oxygen atoms in total. The Morgan fingerprint density at radius 1 is 1.03 bits per heavy atom. The number of rotatable bonds is 3. The molecule has 1 amide bonds. The van der Waals surface area contributed by atoms with Crippen LogP contribution in [0.3, 0.4) is 0 Å². The van der Waals surface area contributed by atoms with Gasteiger partial charge in [-0.15, -0.1) is 0 Å². The summed E-state index contributed by atoms with van der Waals surface area (Å²) in [4.78, 5) is 26.4. The molecule has 0 atom stereocenters. The first kappa shape index (κ1) is 22.3. The van der Waals surface area contributed by atoms with E-state index in [4.69, 9.17) is 14.6 Å². The Labute approximate surface area is 169 Å². The molecule has 2 aliphatic heterocycles. The van der Waals surface area contributed by atoms with Crippen molar-refractivity contribution in [2.75, 3.05) is 39.4 Å². The minimum Gasteiger partial charge on any atom is -0.475 e. The van der Waals surface area contributed by atoms with E-state index in [1.54, 1.807) is 0 Å². The van der Waals surface area contributed by atoms with E-state index in [0.717, 1.165) is 64.4 Å². The van der Waals surface area contributed by atoms with E-state index in [-0.39, 0.29) is 5.54 Å². The molecule has 0 aromatic heterocycles. The lowest BCUT2D eigenvalue weighted by Crippen LogP contribution is -2.62. The SMILES string of the molecule is O=C(C1CCCC1)N1CCC2(CC1)COCCN2CC1CC1.O=C(O)C(F)(F)F. The van der Waals surface area contributed by atoms with Crippen molar-refractivity contribution in [1.82, 2.24) is 9.80 Å². The fourth-order valence-corrected chi connectivity index (χ4v) is 4.70. The molecule has 0 radical (unpaired) electrons. The quantitative estimate of drug-likeness (QED) is 0.760. The number of piperidine rings is 1. The summed E-state index contributed by atoms with van der Waals surface area (Å²) in [6.45, 7) is 6.01. The number of aliphatic carboxylic acids is 1. The zero-order valence-corrected chi connectivity index (χ0v) is 16.8. The number of carbonyl (C=O) groups is 2. The van der Waals surface area contributed by atoms with E-state index in [9.17, 15) is 18.0 Å². The number of morpholine rings is 1. The van der Waals surface area contributed by atoms with Crippen molar-refractivity contribution < 1.29 is 32.6 Å². The van der Waals surface area contributed by atoms with Gasteiger partial charge in [0.25, 0.3) is 0 Å². The first-order valence-corrected chi connectivity index (χ1v) is 10.6. The zero-order valence-electron chi connectivity index (χ0n) is 16.8.